The fourth-order valence-electron chi connectivity index (χ4n) is 2.80. The van der Waals surface area contributed by atoms with Gasteiger partial charge in [0.25, 0.3) is 5.91 Å². The summed E-state index contributed by atoms with van der Waals surface area (Å²) >= 11 is 1.53. The molecule has 152 valence electrons. The van der Waals surface area contributed by atoms with E-state index in [-0.39, 0.29) is 28.8 Å². The van der Waals surface area contributed by atoms with Crippen LogP contribution in [0.3, 0.4) is 0 Å². The van der Waals surface area contributed by atoms with E-state index >= 15 is 0 Å². The van der Waals surface area contributed by atoms with Crippen LogP contribution in [0.25, 0.3) is 0 Å². The number of nitrogens with zero attached hydrogens (tertiary/aromatic N) is 1. The van der Waals surface area contributed by atoms with Crippen molar-refractivity contribution in [2.45, 2.75) is 24.4 Å². The second-order valence-electron chi connectivity index (χ2n) is 6.60. The lowest BCUT2D eigenvalue weighted by Crippen LogP contribution is -2.30. The van der Waals surface area contributed by atoms with Gasteiger partial charge in [0, 0.05) is 18.5 Å². The number of phenols is 1. The molecule has 0 aliphatic rings. The van der Waals surface area contributed by atoms with Gasteiger partial charge in [0.05, 0.1) is 16.5 Å². The van der Waals surface area contributed by atoms with Crippen LogP contribution >= 0.6 is 11.3 Å². The predicted octanol–water partition coefficient (Wildman–Crippen LogP) is 3.77. The Morgan fingerprint density at radius 1 is 1.14 bits per heavy atom. The summed E-state index contributed by atoms with van der Waals surface area (Å²) in [5.41, 5.74) is 0.758. The van der Waals surface area contributed by atoms with E-state index in [9.17, 15) is 18.3 Å². The minimum Gasteiger partial charge on any atom is -0.507 e. The normalized spacial score (nSPS) is 12.5. The van der Waals surface area contributed by atoms with Crippen molar-refractivity contribution in [3.8, 4) is 5.75 Å². The highest BCUT2D eigenvalue weighted by atomic mass is 32.2. The number of amides is 1. The van der Waals surface area contributed by atoms with Crippen LogP contribution in [0.1, 0.15) is 33.8 Å². The van der Waals surface area contributed by atoms with Gasteiger partial charge in [0.1, 0.15) is 5.75 Å². The van der Waals surface area contributed by atoms with E-state index in [2.05, 4.69) is 4.72 Å². The maximum absolute atomic E-state index is 12.9. The molecule has 3 aromatic rings. The van der Waals surface area contributed by atoms with Crippen molar-refractivity contribution >= 4 is 27.3 Å². The first-order valence-corrected chi connectivity index (χ1v) is 11.3. The molecule has 0 saturated heterocycles. The van der Waals surface area contributed by atoms with E-state index < -0.39 is 15.9 Å². The van der Waals surface area contributed by atoms with Crippen molar-refractivity contribution in [2.75, 3.05) is 7.05 Å². The molecule has 0 aliphatic carbocycles. The van der Waals surface area contributed by atoms with Crippen LogP contribution in [0.15, 0.2) is 70.9 Å². The zero-order valence-electron chi connectivity index (χ0n) is 16.1. The minimum atomic E-state index is -3.85. The third-order valence-electron chi connectivity index (χ3n) is 4.67. The number of carbonyl (C=O) groups excluding carboxylic acids is 1. The second-order valence-corrected chi connectivity index (χ2v) is 9.34. The molecule has 0 spiro atoms. The van der Waals surface area contributed by atoms with Gasteiger partial charge in [-0.15, -0.1) is 11.3 Å². The molecule has 0 fully saturated rings. The summed E-state index contributed by atoms with van der Waals surface area (Å²) in [7, 11) is -2.22. The first-order chi connectivity index (χ1) is 13.8. The Labute approximate surface area is 174 Å². The van der Waals surface area contributed by atoms with Crippen molar-refractivity contribution in [1.29, 1.82) is 0 Å². The monoisotopic (exact) mass is 430 g/mol. The first kappa shape index (κ1) is 21.0. The van der Waals surface area contributed by atoms with Gasteiger partial charge < -0.3 is 10.0 Å². The molecule has 2 N–H and O–H groups in total. The lowest BCUT2D eigenvalue weighted by atomic mass is 10.1. The Kier molecular flexibility index (Phi) is 6.36. The van der Waals surface area contributed by atoms with E-state index in [1.165, 1.54) is 34.4 Å². The molecule has 29 heavy (non-hydrogen) atoms. The molecule has 0 radical (unpaired) electrons. The summed E-state index contributed by atoms with van der Waals surface area (Å²) in [6.07, 6.45) is 0. The van der Waals surface area contributed by atoms with E-state index in [1.54, 1.807) is 7.05 Å². The van der Waals surface area contributed by atoms with Gasteiger partial charge in [-0.2, -0.15) is 0 Å². The SMILES string of the molecule is CC(c1cccs1)N(C)C(=O)c1cc(S(=O)(=O)NCc2ccccc2)ccc1O. The zero-order chi connectivity index (χ0) is 21.0. The van der Waals surface area contributed by atoms with E-state index in [0.717, 1.165) is 10.4 Å². The number of rotatable bonds is 7. The largest absolute Gasteiger partial charge is 0.507 e. The van der Waals surface area contributed by atoms with Crippen LogP contribution in [-0.2, 0) is 16.6 Å². The Balaban J connectivity index is 1.82. The molecule has 8 heteroatoms. The van der Waals surface area contributed by atoms with Gasteiger partial charge in [-0.05, 0) is 42.1 Å². The molecule has 1 heterocycles. The number of thiophene rings is 1. The number of nitrogens with one attached hydrogen (secondary N) is 1. The molecule has 1 amide bonds. The van der Waals surface area contributed by atoms with Gasteiger partial charge in [0.2, 0.25) is 10.0 Å². The molecular weight excluding hydrogens is 408 g/mol. The number of phenolic OH excluding ortho intramolecular Hbond substituents is 1. The van der Waals surface area contributed by atoms with Crippen molar-refractivity contribution in [3.63, 3.8) is 0 Å². The highest BCUT2D eigenvalue weighted by Crippen LogP contribution is 2.28. The third-order valence-corrected chi connectivity index (χ3v) is 7.12. The number of benzene rings is 2. The van der Waals surface area contributed by atoms with Crippen LogP contribution in [0.4, 0.5) is 0 Å². The Morgan fingerprint density at radius 3 is 2.52 bits per heavy atom. The third kappa shape index (κ3) is 4.84. The van der Waals surface area contributed by atoms with Crippen molar-refractivity contribution in [1.82, 2.24) is 9.62 Å². The lowest BCUT2D eigenvalue weighted by molar-refractivity contribution is 0.0741. The summed E-state index contributed by atoms with van der Waals surface area (Å²) in [5.74, 6) is -0.717. The topological polar surface area (TPSA) is 86.7 Å². The van der Waals surface area contributed by atoms with E-state index in [4.69, 9.17) is 0 Å². The molecule has 1 unspecified atom stereocenters. The lowest BCUT2D eigenvalue weighted by Gasteiger charge is -2.24. The number of sulfonamides is 1. The number of carbonyl (C=O) groups is 1. The summed E-state index contributed by atoms with van der Waals surface area (Å²) in [5, 5.41) is 12.1. The smallest absolute Gasteiger partial charge is 0.257 e. The number of aromatic hydroxyl groups is 1. The van der Waals surface area contributed by atoms with Crippen molar-refractivity contribution in [2.24, 2.45) is 0 Å². The van der Waals surface area contributed by atoms with E-state index in [0.29, 0.717) is 0 Å². The number of hydrogen-bond donors (Lipinski definition) is 2. The van der Waals surface area contributed by atoms with Gasteiger partial charge in [-0.25, -0.2) is 13.1 Å². The number of hydrogen-bond acceptors (Lipinski definition) is 5. The fraction of sp³-hybridized carbons (Fsp3) is 0.190. The minimum absolute atomic E-state index is 0.0570. The molecule has 1 atom stereocenters. The summed E-state index contributed by atoms with van der Waals surface area (Å²) < 4.78 is 27.9. The van der Waals surface area contributed by atoms with Crippen LogP contribution in [0.5, 0.6) is 5.75 Å². The molecular formula is C21H22N2O4S2. The maximum atomic E-state index is 12.9. The fourth-order valence-corrected chi connectivity index (χ4v) is 4.67. The molecule has 1 aromatic heterocycles. The van der Waals surface area contributed by atoms with Gasteiger partial charge in [-0.3, -0.25) is 4.79 Å². The zero-order valence-corrected chi connectivity index (χ0v) is 17.7. The molecule has 0 aliphatic heterocycles. The Hall–Kier alpha value is -2.68. The van der Waals surface area contributed by atoms with Crippen molar-refractivity contribution < 1.29 is 18.3 Å². The summed E-state index contributed by atoms with van der Waals surface area (Å²) in [6, 6.07) is 16.5. The molecule has 6 nitrogen and oxygen atoms in total. The van der Waals surface area contributed by atoms with Gasteiger partial charge in [0.15, 0.2) is 0 Å². The highest BCUT2D eigenvalue weighted by Gasteiger charge is 2.24. The van der Waals surface area contributed by atoms with E-state index in [1.807, 2.05) is 54.8 Å². The van der Waals surface area contributed by atoms with Crippen molar-refractivity contribution in [3.05, 3.63) is 82.0 Å². The quantitative estimate of drug-likeness (QED) is 0.597. The summed E-state index contributed by atoms with van der Waals surface area (Å²) in [4.78, 5) is 15.3. The standard InChI is InChI=1S/C21H22N2O4S2/c1-15(20-9-6-12-28-20)23(2)21(25)18-13-17(10-11-19(18)24)29(26,27)22-14-16-7-4-3-5-8-16/h3-13,15,22,24H,14H2,1-2H3. The molecule has 3 rings (SSSR count). The predicted molar refractivity (Wildman–Crippen MR) is 113 cm³/mol. The van der Waals surface area contributed by atoms with Crippen LogP contribution in [0.2, 0.25) is 0 Å². The average Bonchev–Trinajstić information content (AvgIpc) is 3.26. The summed E-state index contributed by atoms with van der Waals surface area (Å²) in [6.45, 7) is 2.01. The first-order valence-electron chi connectivity index (χ1n) is 8.97. The van der Waals surface area contributed by atoms with Gasteiger partial charge in [-0.1, -0.05) is 36.4 Å². The molecule has 0 saturated carbocycles. The Bertz CT molecular complexity index is 1080. The molecule has 0 bridgehead atoms. The maximum Gasteiger partial charge on any atom is 0.257 e. The highest BCUT2D eigenvalue weighted by molar-refractivity contribution is 7.89. The van der Waals surface area contributed by atoms with Crippen LogP contribution in [0, 0.1) is 0 Å². The van der Waals surface area contributed by atoms with Crippen LogP contribution < -0.4 is 4.72 Å². The molecule has 2 aromatic carbocycles. The van der Waals surface area contributed by atoms with Crippen LogP contribution in [-0.4, -0.2) is 31.4 Å². The van der Waals surface area contributed by atoms with Gasteiger partial charge >= 0.3 is 0 Å². The average molecular weight is 431 g/mol. The Morgan fingerprint density at radius 2 is 1.86 bits per heavy atom. The second kappa shape index (κ2) is 8.77.